The molecule has 106 valence electrons. The molecular weight excluding hydrogens is 274 g/mol. The van der Waals surface area contributed by atoms with E-state index in [1.165, 1.54) is 16.9 Å². The van der Waals surface area contributed by atoms with Crippen molar-refractivity contribution in [3.63, 3.8) is 0 Å². The molecule has 1 aliphatic rings. The van der Waals surface area contributed by atoms with Crippen molar-refractivity contribution in [2.75, 3.05) is 6.61 Å². The van der Waals surface area contributed by atoms with Crippen molar-refractivity contribution >= 4 is 17.3 Å². The number of aryl methyl sites for hydroxylation is 3. The van der Waals surface area contributed by atoms with E-state index in [9.17, 15) is 4.79 Å². The van der Waals surface area contributed by atoms with E-state index < -0.39 is 5.97 Å². The molecule has 1 aliphatic carbocycles. The van der Waals surface area contributed by atoms with E-state index in [1.807, 2.05) is 6.92 Å². The van der Waals surface area contributed by atoms with Crippen LogP contribution in [0.25, 0.3) is 10.8 Å². The number of aromatic nitrogens is 1. The number of esters is 1. The van der Waals surface area contributed by atoms with Crippen molar-refractivity contribution in [3.05, 3.63) is 28.0 Å². The van der Waals surface area contributed by atoms with Crippen LogP contribution in [0.5, 0.6) is 0 Å². The second kappa shape index (κ2) is 5.40. The molecule has 0 atom stereocenters. The molecule has 4 nitrogen and oxygen atoms in total. The molecule has 0 N–H and O–H groups in total. The van der Waals surface area contributed by atoms with E-state index in [-0.39, 0.29) is 5.76 Å². The number of nitrogens with zero attached hydrogens (tertiary/aromatic N) is 1. The van der Waals surface area contributed by atoms with Gasteiger partial charge in [-0.15, -0.1) is 11.3 Å². The first-order chi connectivity index (χ1) is 9.72. The molecule has 0 aromatic carbocycles. The van der Waals surface area contributed by atoms with E-state index in [0.29, 0.717) is 24.6 Å². The standard InChI is InChI=1S/C15H17NO3S/c1-3-10-13(15(17)18-4-2)19-14(16-10)12-8-9-6-5-7-11(9)20-12/h8H,3-7H2,1-2H3. The Morgan fingerprint density at radius 2 is 2.30 bits per heavy atom. The van der Waals surface area contributed by atoms with Crippen molar-refractivity contribution in [3.8, 4) is 10.8 Å². The highest BCUT2D eigenvalue weighted by Gasteiger charge is 2.23. The Hall–Kier alpha value is -1.62. The molecule has 0 radical (unpaired) electrons. The first-order valence-corrected chi connectivity index (χ1v) is 7.83. The van der Waals surface area contributed by atoms with Gasteiger partial charge in [-0.25, -0.2) is 9.78 Å². The molecule has 2 aromatic rings. The van der Waals surface area contributed by atoms with Crippen LogP contribution < -0.4 is 0 Å². The van der Waals surface area contributed by atoms with E-state index in [2.05, 4.69) is 11.1 Å². The largest absolute Gasteiger partial charge is 0.460 e. The molecule has 2 heterocycles. The number of hydrogen-bond donors (Lipinski definition) is 0. The third kappa shape index (κ3) is 2.26. The van der Waals surface area contributed by atoms with Gasteiger partial charge in [0.15, 0.2) is 0 Å². The maximum atomic E-state index is 11.9. The van der Waals surface area contributed by atoms with E-state index >= 15 is 0 Å². The van der Waals surface area contributed by atoms with Gasteiger partial charge in [0.05, 0.1) is 17.2 Å². The third-order valence-corrected chi connectivity index (χ3v) is 4.68. The summed E-state index contributed by atoms with van der Waals surface area (Å²) in [5.74, 6) is 0.370. The first-order valence-electron chi connectivity index (χ1n) is 7.01. The Morgan fingerprint density at radius 3 is 3.00 bits per heavy atom. The molecule has 0 fully saturated rings. The smallest absolute Gasteiger partial charge is 0.376 e. The molecule has 0 amide bonds. The minimum atomic E-state index is -0.424. The predicted octanol–water partition coefficient (Wildman–Crippen LogP) is 3.63. The Morgan fingerprint density at radius 1 is 1.45 bits per heavy atom. The van der Waals surface area contributed by atoms with Gasteiger partial charge in [0.25, 0.3) is 0 Å². The molecule has 20 heavy (non-hydrogen) atoms. The van der Waals surface area contributed by atoms with Crippen LogP contribution in [-0.4, -0.2) is 17.6 Å². The van der Waals surface area contributed by atoms with Crippen LogP contribution in [0.1, 0.15) is 47.0 Å². The fourth-order valence-electron chi connectivity index (χ4n) is 2.49. The van der Waals surface area contributed by atoms with E-state index in [0.717, 1.165) is 17.7 Å². The highest BCUT2D eigenvalue weighted by molar-refractivity contribution is 7.15. The van der Waals surface area contributed by atoms with Crippen LogP contribution in [0.3, 0.4) is 0 Å². The minimum Gasteiger partial charge on any atom is -0.460 e. The summed E-state index contributed by atoms with van der Waals surface area (Å²) < 4.78 is 10.7. The summed E-state index contributed by atoms with van der Waals surface area (Å²) in [5.41, 5.74) is 2.07. The van der Waals surface area contributed by atoms with Gasteiger partial charge in [-0.05, 0) is 44.2 Å². The maximum absolute atomic E-state index is 11.9. The molecule has 0 unspecified atom stereocenters. The summed E-state index contributed by atoms with van der Waals surface area (Å²) in [6, 6.07) is 2.15. The third-order valence-electron chi connectivity index (χ3n) is 3.45. The zero-order chi connectivity index (χ0) is 14.1. The maximum Gasteiger partial charge on any atom is 0.376 e. The van der Waals surface area contributed by atoms with Gasteiger partial charge >= 0.3 is 5.97 Å². The summed E-state index contributed by atoms with van der Waals surface area (Å²) in [5, 5.41) is 0. The fourth-order valence-corrected chi connectivity index (χ4v) is 3.67. The molecule has 0 saturated heterocycles. The van der Waals surface area contributed by atoms with Crippen LogP contribution in [-0.2, 0) is 24.0 Å². The number of hydrogen-bond acceptors (Lipinski definition) is 5. The molecule has 3 rings (SSSR count). The summed E-state index contributed by atoms with van der Waals surface area (Å²) in [4.78, 5) is 18.8. The summed E-state index contributed by atoms with van der Waals surface area (Å²) in [6.07, 6.45) is 4.17. The highest BCUT2D eigenvalue weighted by atomic mass is 32.1. The number of thiophene rings is 1. The molecule has 0 bridgehead atoms. The van der Waals surface area contributed by atoms with Crippen LogP contribution >= 0.6 is 11.3 Å². The Balaban J connectivity index is 1.95. The molecule has 2 aromatic heterocycles. The van der Waals surface area contributed by atoms with Crippen LogP contribution in [0.4, 0.5) is 0 Å². The molecule has 5 heteroatoms. The van der Waals surface area contributed by atoms with E-state index in [4.69, 9.17) is 9.15 Å². The quantitative estimate of drug-likeness (QED) is 0.807. The van der Waals surface area contributed by atoms with Crippen molar-refractivity contribution in [2.24, 2.45) is 0 Å². The first kappa shape index (κ1) is 13.4. The SMILES string of the molecule is CCOC(=O)c1oc(-c2cc3c(s2)CCC3)nc1CC. The lowest BCUT2D eigenvalue weighted by atomic mass is 10.2. The number of carbonyl (C=O) groups is 1. The predicted molar refractivity (Wildman–Crippen MR) is 77.2 cm³/mol. The molecule has 0 spiro atoms. The van der Waals surface area contributed by atoms with Gasteiger partial charge in [0.1, 0.15) is 0 Å². The second-order valence-corrected chi connectivity index (χ2v) is 5.92. The van der Waals surface area contributed by atoms with Crippen molar-refractivity contribution < 1.29 is 13.9 Å². The Kier molecular flexibility index (Phi) is 3.61. The van der Waals surface area contributed by atoms with Gasteiger partial charge in [-0.1, -0.05) is 6.92 Å². The van der Waals surface area contributed by atoms with Gasteiger partial charge in [-0.3, -0.25) is 0 Å². The minimum absolute atomic E-state index is 0.248. The lowest BCUT2D eigenvalue weighted by molar-refractivity contribution is 0.0489. The Labute approximate surface area is 121 Å². The topological polar surface area (TPSA) is 52.3 Å². The number of oxazole rings is 1. The Bertz CT molecular complexity index is 620. The fraction of sp³-hybridized carbons (Fsp3) is 0.467. The lowest BCUT2D eigenvalue weighted by Gasteiger charge is -1.98. The average Bonchev–Trinajstić information content (AvgIpc) is 3.11. The van der Waals surface area contributed by atoms with E-state index in [1.54, 1.807) is 18.3 Å². The summed E-state index contributed by atoms with van der Waals surface area (Å²) in [7, 11) is 0. The number of ether oxygens (including phenoxy) is 1. The normalized spacial score (nSPS) is 13.5. The summed E-state index contributed by atoms with van der Waals surface area (Å²) >= 11 is 1.72. The van der Waals surface area contributed by atoms with Crippen molar-refractivity contribution in [1.29, 1.82) is 0 Å². The number of rotatable bonds is 4. The van der Waals surface area contributed by atoms with Gasteiger partial charge in [0.2, 0.25) is 11.7 Å². The average molecular weight is 291 g/mol. The number of carbonyl (C=O) groups excluding carboxylic acids is 1. The molecular formula is C15H17NO3S. The zero-order valence-corrected chi connectivity index (χ0v) is 12.5. The monoisotopic (exact) mass is 291 g/mol. The van der Waals surface area contributed by atoms with Crippen LogP contribution in [0, 0.1) is 0 Å². The summed E-state index contributed by atoms with van der Waals surface area (Å²) in [6.45, 7) is 4.08. The molecule has 0 aliphatic heterocycles. The second-order valence-electron chi connectivity index (χ2n) is 4.78. The van der Waals surface area contributed by atoms with Crippen molar-refractivity contribution in [2.45, 2.75) is 39.5 Å². The zero-order valence-electron chi connectivity index (χ0n) is 11.7. The molecule has 0 saturated carbocycles. The van der Waals surface area contributed by atoms with Crippen molar-refractivity contribution in [1.82, 2.24) is 4.98 Å². The van der Waals surface area contributed by atoms with Crippen LogP contribution in [0.2, 0.25) is 0 Å². The number of fused-ring (bicyclic) bond motifs is 1. The van der Waals surface area contributed by atoms with Crippen LogP contribution in [0.15, 0.2) is 10.5 Å². The van der Waals surface area contributed by atoms with Gasteiger partial charge < -0.3 is 9.15 Å². The highest BCUT2D eigenvalue weighted by Crippen LogP contribution is 2.36. The lowest BCUT2D eigenvalue weighted by Crippen LogP contribution is -2.05. The van der Waals surface area contributed by atoms with Gasteiger partial charge in [-0.2, -0.15) is 0 Å². The van der Waals surface area contributed by atoms with Gasteiger partial charge in [0, 0.05) is 4.88 Å².